The lowest BCUT2D eigenvalue weighted by molar-refractivity contribution is 0.415. The lowest BCUT2D eigenvalue weighted by atomic mass is 10.2. The van der Waals surface area contributed by atoms with Crippen LogP contribution in [0.15, 0.2) is 40.2 Å². The number of para-hydroxylation sites is 2. The van der Waals surface area contributed by atoms with E-state index in [0.29, 0.717) is 0 Å². The van der Waals surface area contributed by atoms with Gasteiger partial charge in [0.25, 0.3) is 0 Å². The summed E-state index contributed by atoms with van der Waals surface area (Å²) in [6, 6.07) is 10.2. The summed E-state index contributed by atoms with van der Waals surface area (Å²) in [6.45, 7) is 2.78. The van der Waals surface area contributed by atoms with Gasteiger partial charge in [0, 0.05) is 41.4 Å². The Labute approximate surface area is 132 Å². The van der Waals surface area contributed by atoms with E-state index in [2.05, 4.69) is 50.7 Å². The number of halogens is 1. The normalized spacial score (nSPS) is 10.6. The molecule has 1 aromatic heterocycles. The van der Waals surface area contributed by atoms with Gasteiger partial charge < -0.3 is 15.0 Å². The van der Waals surface area contributed by atoms with Gasteiger partial charge in [-0.3, -0.25) is 0 Å². The van der Waals surface area contributed by atoms with Gasteiger partial charge in [-0.05, 0) is 34.1 Å². The highest BCUT2D eigenvalue weighted by Gasteiger charge is 2.06. The van der Waals surface area contributed by atoms with Crippen LogP contribution < -0.4 is 15.0 Å². The Hall–Kier alpha value is -1.04. The van der Waals surface area contributed by atoms with Crippen LogP contribution in [0.2, 0.25) is 0 Å². The van der Waals surface area contributed by atoms with Gasteiger partial charge in [-0.2, -0.15) is 0 Å². The molecule has 0 bridgehead atoms. The standard InChI is InChI=1S/C15H19BrN2OS/c1-18(14-5-3-4-6-15(14)19-2)8-7-17-10-13-9-12(16)11-20-13/h3-6,9,11,17H,7-8,10H2,1-2H3. The number of thiophene rings is 1. The van der Waals surface area contributed by atoms with Crippen LogP contribution in [0.3, 0.4) is 0 Å². The van der Waals surface area contributed by atoms with E-state index in [1.165, 1.54) is 4.88 Å². The van der Waals surface area contributed by atoms with E-state index in [9.17, 15) is 0 Å². The van der Waals surface area contributed by atoms with Crippen LogP contribution in [-0.2, 0) is 6.54 Å². The lowest BCUT2D eigenvalue weighted by Crippen LogP contribution is -2.28. The van der Waals surface area contributed by atoms with Crippen LogP contribution in [0.4, 0.5) is 5.69 Å². The largest absolute Gasteiger partial charge is 0.495 e. The molecule has 0 saturated carbocycles. The molecule has 0 fully saturated rings. The molecule has 0 aliphatic heterocycles. The fourth-order valence-corrected chi connectivity index (χ4v) is 3.39. The number of hydrogen-bond acceptors (Lipinski definition) is 4. The van der Waals surface area contributed by atoms with Crippen molar-refractivity contribution in [2.24, 2.45) is 0 Å². The zero-order valence-corrected chi connectivity index (χ0v) is 14.1. The molecule has 2 rings (SSSR count). The number of ether oxygens (including phenoxy) is 1. The smallest absolute Gasteiger partial charge is 0.142 e. The highest BCUT2D eigenvalue weighted by atomic mass is 79.9. The van der Waals surface area contributed by atoms with Crippen molar-refractivity contribution in [1.29, 1.82) is 0 Å². The van der Waals surface area contributed by atoms with Crippen LogP contribution in [-0.4, -0.2) is 27.2 Å². The van der Waals surface area contributed by atoms with Crippen LogP contribution in [0, 0.1) is 0 Å². The minimum atomic E-state index is 0.913. The predicted octanol–water partition coefficient (Wildman–Crippen LogP) is 3.75. The van der Waals surface area contributed by atoms with Crippen molar-refractivity contribution >= 4 is 33.0 Å². The van der Waals surface area contributed by atoms with Crippen molar-refractivity contribution in [3.05, 3.63) is 45.1 Å². The van der Waals surface area contributed by atoms with Crippen molar-refractivity contribution in [2.75, 3.05) is 32.1 Å². The van der Waals surface area contributed by atoms with E-state index in [1.807, 2.05) is 18.2 Å². The summed E-state index contributed by atoms with van der Waals surface area (Å²) in [5, 5.41) is 5.57. The molecule has 1 heterocycles. The molecule has 2 aromatic rings. The zero-order valence-electron chi connectivity index (χ0n) is 11.7. The minimum absolute atomic E-state index is 0.913. The second-order valence-electron chi connectivity index (χ2n) is 4.50. The SMILES string of the molecule is COc1ccccc1N(C)CCNCc1cc(Br)cs1. The van der Waals surface area contributed by atoms with Crippen LogP contribution in [0.1, 0.15) is 4.88 Å². The Bertz CT molecular complexity index is 544. The Morgan fingerprint density at radius 2 is 2.15 bits per heavy atom. The summed E-state index contributed by atoms with van der Waals surface area (Å²) >= 11 is 5.24. The Kier molecular flexibility index (Phi) is 5.88. The maximum Gasteiger partial charge on any atom is 0.142 e. The van der Waals surface area contributed by atoms with Crippen molar-refractivity contribution in [3.8, 4) is 5.75 Å². The molecule has 0 spiro atoms. The molecular formula is C15H19BrN2OS. The average molecular weight is 355 g/mol. The molecule has 5 heteroatoms. The molecule has 20 heavy (non-hydrogen) atoms. The average Bonchev–Trinajstić information content (AvgIpc) is 2.89. The molecule has 108 valence electrons. The predicted molar refractivity (Wildman–Crippen MR) is 90.0 cm³/mol. The van der Waals surface area contributed by atoms with E-state index < -0.39 is 0 Å². The molecule has 0 saturated heterocycles. The van der Waals surface area contributed by atoms with Crippen molar-refractivity contribution in [2.45, 2.75) is 6.54 Å². The highest BCUT2D eigenvalue weighted by Crippen LogP contribution is 2.26. The van der Waals surface area contributed by atoms with E-state index in [-0.39, 0.29) is 0 Å². The first-order chi connectivity index (χ1) is 9.70. The second kappa shape index (κ2) is 7.67. The Balaban J connectivity index is 1.78. The first-order valence-electron chi connectivity index (χ1n) is 6.48. The Morgan fingerprint density at radius 3 is 2.85 bits per heavy atom. The summed E-state index contributed by atoms with van der Waals surface area (Å²) in [5.41, 5.74) is 1.12. The molecule has 3 nitrogen and oxygen atoms in total. The molecule has 0 amide bonds. The van der Waals surface area contributed by atoms with E-state index >= 15 is 0 Å². The van der Waals surface area contributed by atoms with Gasteiger partial charge in [-0.1, -0.05) is 12.1 Å². The maximum atomic E-state index is 5.38. The van der Waals surface area contributed by atoms with Gasteiger partial charge in [0.2, 0.25) is 0 Å². The van der Waals surface area contributed by atoms with Gasteiger partial charge in [0.15, 0.2) is 0 Å². The molecule has 1 N–H and O–H groups in total. The summed E-state index contributed by atoms with van der Waals surface area (Å²) in [4.78, 5) is 3.55. The number of benzene rings is 1. The summed E-state index contributed by atoms with van der Waals surface area (Å²) in [5.74, 6) is 0.914. The number of anilines is 1. The number of nitrogens with one attached hydrogen (secondary N) is 1. The van der Waals surface area contributed by atoms with E-state index in [0.717, 1.165) is 35.5 Å². The minimum Gasteiger partial charge on any atom is -0.495 e. The third-order valence-electron chi connectivity index (χ3n) is 3.04. The fraction of sp³-hybridized carbons (Fsp3) is 0.333. The highest BCUT2D eigenvalue weighted by molar-refractivity contribution is 9.10. The molecule has 0 aliphatic carbocycles. The summed E-state index contributed by atoms with van der Waals surface area (Å²) < 4.78 is 6.54. The molecule has 1 aromatic carbocycles. The van der Waals surface area contributed by atoms with Crippen molar-refractivity contribution in [3.63, 3.8) is 0 Å². The zero-order chi connectivity index (χ0) is 14.4. The summed E-state index contributed by atoms with van der Waals surface area (Å²) in [7, 11) is 3.79. The van der Waals surface area contributed by atoms with Gasteiger partial charge >= 0.3 is 0 Å². The number of likely N-dealkylation sites (N-methyl/N-ethyl adjacent to an activating group) is 1. The van der Waals surface area contributed by atoms with Gasteiger partial charge in [0.05, 0.1) is 12.8 Å². The van der Waals surface area contributed by atoms with Gasteiger partial charge in [-0.25, -0.2) is 0 Å². The quantitative estimate of drug-likeness (QED) is 0.766. The number of rotatable bonds is 7. The summed E-state index contributed by atoms with van der Waals surface area (Å²) in [6.07, 6.45) is 0. The molecule has 0 radical (unpaired) electrons. The number of hydrogen-bond donors (Lipinski definition) is 1. The first kappa shape index (κ1) is 15.4. The third kappa shape index (κ3) is 4.23. The van der Waals surface area contributed by atoms with Crippen molar-refractivity contribution in [1.82, 2.24) is 5.32 Å². The first-order valence-corrected chi connectivity index (χ1v) is 8.15. The monoisotopic (exact) mass is 354 g/mol. The topological polar surface area (TPSA) is 24.5 Å². The van der Waals surface area contributed by atoms with Crippen molar-refractivity contribution < 1.29 is 4.74 Å². The third-order valence-corrected chi connectivity index (χ3v) is 4.74. The molecular weight excluding hydrogens is 336 g/mol. The lowest BCUT2D eigenvalue weighted by Gasteiger charge is -2.21. The second-order valence-corrected chi connectivity index (χ2v) is 6.41. The number of methoxy groups -OCH3 is 1. The van der Waals surface area contributed by atoms with Crippen LogP contribution >= 0.6 is 27.3 Å². The Morgan fingerprint density at radius 1 is 1.35 bits per heavy atom. The van der Waals surface area contributed by atoms with Gasteiger partial charge in [-0.15, -0.1) is 11.3 Å². The fourth-order valence-electron chi connectivity index (χ4n) is 1.97. The van der Waals surface area contributed by atoms with E-state index in [1.54, 1.807) is 18.4 Å². The molecule has 0 atom stereocenters. The molecule has 0 aliphatic rings. The van der Waals surface area contributed by atoms with Crippen LogP contribution in [0.5, 0.6) is 5.75 Å². The van der Waals surface area contributed by atoms with Crippen LogP contribution in [0.25, 0.3) is 0 Å². The van der Waals surface area contributed by atoms with E-state index in [4.69, 9.17) is 4.74 Å². The van der Waals surface area contributed by atoms with Gasteiger partial charge in [0.1, 0.15) is 5.75 Å². The number of nitrogens with zero attached hydrogens (tertiary/aromatic N) is 1. The molecule has 0 unspecified atom stereocenters. The maximum absolute atomic E-state index is 5.38.